The van der Waals surface area contributed by atoms with Crippen LogP contribution in [0.2, 0.25) is 0 Å². The summed E-state index contributed by atoms with van der Waals surface area (Å²) in [5, 5.41) is 9.91. The van der Waals surface area contributed by atoms with Crippen molar-refractivity contribution >= 4 is 22.5 Å². The van der Waals surface area contributed by atoms with Crippen LogP contribution in [-0.4, -0.2) is 4.98 Å². The number of aromatic amines is 1. The lowest BCUT2D eigenvalue weighted by atomic mass is 10.2. The quantitative estimate of drug-likeness (QED) is 0.731. The van der Waals surface area contributed by atoms with Gasteiger partial charge in [0.2, 0.25) is 0 Å². The number of H-pyrrole nitrogens is 1. The van der Waals surface area contributed by atoms with Crippen LogP contribution in [0.15, 0.2) is 24.3 Å². The molecule has 0 radical (unpaired) electrons. The minimum absolute atomic E-state index is 0.161. The van der Waals surface area contributed by atoms with Crippen LogP contribution in [0.25, 0.3) is 10.9 Å². The SMILES string of the molecule is N#Cc1ccc2cc(C3(Cl)CC3)[nH]c2c1. The van der Waals surface area contributed by atoms with Gasteiger partial charge < -0.3 is 4.98 Å². The van der Waals surface area contributed by atoms with E-state index in [9.17, 15) is 0 Å². The molecule has 0 aliphatic heterocycles. The molecule has 2 nitrogen and oxygen atoms in total. The monoisotopic (exact) mass is 216 g/mol. The van der Waals surface area contributed by atoms with Gasteiger partial charge in [-0.3, -0.25) is 0 Å². The first-order valence-corrected chi connectivity index (χ1v) is 5.31. The van der Waals surface area contributed by atoms with E-state index in [-0.39, 0.29) is 4.87 Å². The molecule has 3 rings (SSSR count). The van der Waals surface area contributed by atoms with E-state index in [4.69, 9.17) is 16.9 Å². The summed E-state index contributed by atoms with van der Waals surface area (Å²) < 4.78 is 0. The van der Waals surface area contributed by atoms with Gasteiger partial charge >= 0.3 is 0 Å². The Balaban J connectivity index is 2.18. The lowest BCUT2D eigenvalue weighted by Gasteiger charge is -1.99. The molecule has 1 saturated carbocycles. The van der Waals surface area contributed by atoms with Gasteiger partial charge in [-0.15, -0.1) is 11.6 Å². The zero-order chi connectivity index (χ0) is 10.5. The molecule has 74 valence electrons. The molecule has 15 heavy (non-hydrogen) atoms. The van der Waals surface area contributed by atoms with Crippen LogP contribution in [-0.2, 0) is 4.87 Å². The van der Waals surface area contributed by atoms with Gasteiger partial charge in [-0.25, -0.2) is 0 Å². The third-order valence-electron chi connectivity index (χ3n) is 2.92. The lowest BCUT2D eigenvalue weighted by Crippen LogP contribution is -1.94. The first-order valence-electron chi connectivity index (χ1n) is 4.94. The van der Waals surface area contributed by atoms with Crippen LogP contribution in [0, 0.1) is 11.3 Å². The Hall–Kier alpha value is -1.46. The Morgan fingerprint density at radius 1 is 1.33 bits per heavy atom. The largest absolute Gasteiger partial charge is 0.357 e. The molecule has 1 N–H and O–H groups in total. The van der Waals surface area contributed by atoms with E-state index in [1.807, 2.05) is 18.2 Å². The van der Waals surface area contributed by atoms with Crippen LogP contribution in [0.1, 0.15) is 24.1 Å². The molecule has 0 unspecified atom stereocenters. The number of halogens is 1. The Morgan fingerprint density at radius 3 is 2.80 bits per heavy atom. The molecule has 1 aliphatic carbocycles. The maximum Gasteiger partial charge on any atom is 0.0992 e. The van der Waals surface area contributed by atoms with Gasteiger partial charge in [-0.05, 0) is 36.4 Å². The third-order valence-corrected chi connectivity index (χ3v) is 3.50. The van der Waals surface area contributed by atoms with Crippen LogP contribution < -0.4 is 0 Å². The van der Waals surface area contributed by atoms with Crippen molar-refractivity contribution in [3.05, 3.63) is 35.5 Å². The van der Waals surface area contributed by atoms with Gasteiger partial charge in [0.1, 0.15) is 0 Å². The fraction of sp³-hybridized carbons (Fsp3) is 0.250. The number of nitrogens with zero attached hydrogens (tertiary/aromatic N) is 1. The number of benzene rings is 1. The van der Waals surface area contributed by atoms with Gasteiger partial charge in [0.15, 0.2) is 0 Å². The highest BCUT2D eigenvalue weighted by molar-refractivity contribution is 6.25. The van der Waals surface area contributed by atoms with Crippen molar-refractivity contribution in [1.82, 2.24) is 4.98 Å². The highest BCUT2D eigenvalue weighted by atomic mass is 35.5. The highest BCUT2D eigenvalue weighted by Crippen LogP contribution is 2.52. The van der Waals surface area contributed by atoms with E-state index in [2.05, 4.69) is 17.1 Å². The second-order valence-corrected chi connectivity index (χ2v) is 4.79. The molecule has 0 atom stereocenters. The number of rotatable bonds is 1. The summed E-state index contributed by atoms with van der Waals surface area (Å²) in [7, 11) is 0. The summed E-state index contributed by atoms with van der Waals surface area (Å²) in [6, 6.07) is 9.85. The Morgan fingerprint density at radius 2 is 2.13 bits per heavy atom. The van der Waals surface area contributed by atoms with Gasteiger partial charge in [0.25, 0.3) is 0 Å². The molecule has 1 heterocycles. The molecule has 2 aromatic rings. The minimum Gasteiger partial charge on any atom is -0.357 e. The van der Waals surface area contributed by atoms with Gasteiger partial charge in [-0.1, -0.05) is 6.07 Å². The number of hydrogen-bond acceptors (Lipinski definition) is 1. The molecule has 3 heteroatoms. The minimum atomic E-state index is -0.161. The van der Waals surface area contributed by atoms with Crippen molar-refractivity contribution in [2.75, 3.05) is 0 Å². The van der Waals surface area contributed by atoms with Crippen molar-refractivity contribution in [2.24, 2.45) is 0 Å². The molecule has 0 amide bonds. The van der Waals surface area contributed by atoms with E-state index >= 15 is 0 Å². The predicted octanol–water partition coefficient (Wildman–Crippen LogP) is 3.27. The van der Waals surface area contributed by atoms with Crippen LogP contribution in [0.4, 0.5) is 0 Å². The first-order chi connectivity index (χ1) is 7.21. The van der Waals surface area contributed by atoms with E-state index in [1.165, 1.54) is 0 Å². The van der Waals surface area contributed by atoms with Crippen LogP contribution in [0.3, 0.4) is 0 Å². The summed E-state index contributed by atoms with van der Waals surface area (Å²) in [4.78, 5) is 3.13. The number of nitriles is 1. The summed E-state index contributed by atoms with van der Waals surface area (Å²) in [6.07, 6.45) is 2.07. The topological polar surface area (TPSA) is 39.6 Å². The van der Waals surface area contributed by atoms with E-state index in [0.29, 0.717) is 5.56 Å². The molecule has 1 aromatic carbocycles. The second-order valence-electron chi connectivity index (χ2n) is 4.06. The summed E-state index contributed by atoms with van der Waals surface area (Å²) in [5.41, 5.74) is 2.75. The third kappa shape index (κ3) is 1.32. The number of nitrogens with one attached hydrogen (secondary N) is 1. The highest BCUT2D eigenvalue weighted by Gasteiger charge is 2.43. The summed E-state index contributed by atoms with van der Waals surface area (Å²) >= 11 is 6.32. The molecule has 0 spiro atoms. The van der Waals surface area contributed by atoms with Crippen molar-refractivity contribution in [2.45, 2.75) is 17.7 Å². The molecule has 0 bridgehead atoms. The predicted molar refractivity (Wildman–Crippen MR) is 59.8 cm³/mol. The number of alkyl halides is 1. The number of fused-ring (bicyclic) bond motifs is 1. The fourth-order valence-corrected chi connectivity index (χ4v) is 2.01. The van der Waals surface area contributed by atoms with Crippen LogP contribution in [0.5, 0.6) is 0 Å². The van der Waals surface area contributed by atoms with Crippen molar-refractivity contribution in [3.8, 4) is 6.07 Å². The molecular weight excluding hydrogens is 208 g/mol. The standard InChI is InChI=1S/C12H9ClN2/c13-12(3-4-12)11-6-9-2-1-8(7-14)5-10(9)15-11/h1-2,5-6,15H,3-4H2. The molecule has 1 aliphatic rings. The van der Waals surface area contributed by atoms with Crippen molar-refractivity contribution in [3.63, 3.8) is 0 Å². The van der Waals surface area contributed by atoms with Crippen molar-refractivity contribution in [1.29, 1.82) is 5.26 Å². The van der Waals surface area contributed by atoms with Gasteiger partial charge in [0, 0.05) is 11.2 Å². The van der Waals surface area contributed by atoms with Crippen molar-refractivity contribution < 1.29 is 0 Å². The second kappa shape index (κ2) is 2.77. The average molecular weight is 217 g/mol. The van der Waals surface area contributed by atoms with Crippen LogP contribution >= 0.6 is 11.6 Å². The summed E-state index contributed by atoms with van der Waals surface area (Å²) in [6.45, 7) is 0. The van der Waals surface area contributed by atoms with Gasteiger partial charge in [0.05, 0.1) is 16.5 Å². The zero-order valence-corrected chi connectivity index (χ0v) is 8.80. The lowest BCUT2D eigenvalue weighted by molar-refractivity contribution is 0.964. The fourth-order valence-electron chi connectivity index (χ4n) is 1.82. The average Bonchev–Trinajstić information content (AvgIpc) is 2.85. The number of hydrogen-bond donors (Lipinski definition) is 1. The first kappa shape index (κ1) is 8.82. The zero-order valence-electron chi connectivity index (χ0n) is 8.05. The Bertz CT molecular complexity index is 573. The molecule has 1 fully saturated rings. The Labute approximate surface area is 92.5 Å². The summed E-state index contributed by atoms with van der Waals surface area (Å²) in [5.74, 6) is 0. The van der Waals surface area contributed by atoms with E-state index < -0.39 is 0 Å². The van der Waals surface area contributed by atoms with Gasteiger partial charge in [-0.2, -0.15) is 5.26 Å². The molecule has 0 saturated heterocycles. The molecule has 1 aromatic heterocycles. The maximum atomic E-state index is 8.79. The maximum absolute atomic E-state index is 8.79. The number of aromatic nitrogens is 1. The Kier molecular flexibility index (Phi) is 1.63. The molecular formula is C12H9ClN2. The van der Waals surface area contributed by atoms with E-state index in [1.54, 1.807) is 0 Å². The van der Waals surface area contributed by atoms with E-state index in [0.717, 1.165) is 29.4 Å². The normalized spacial score (nSPS) is 17.6. The smallest absolute Gasteiger partial charge is 0.0992 e.